The summed E-state index contributed by atoms with van der Waals surface area (Å²) < 4.78 is 22.7. The first-order valence-corrected chi connectivity index (χ1v) is 10.9. The van der Waals surface area contributed by atoms with E-state index in [1.54, 1.807) is 30.3 Å². The van der Waals surface area contributed by atoms with E-state index in [9.17, 15) is 22.8 Å². The average Bonchev–Trinajstić information content (AvgIpc) is 3.07. The lowest BCUT2D eigenvalue weighted by molar-refractivity contribution is -0.124. The topological polar surface area (TPSA) is 101 Å². The van der Waals surface area contributed by atoms with Crippen LogP contribution in [-0.2, 0) is 19.4 Å². The molecule has 0 radical (unpaired) electrons. The predicted octanol–water partition coefficient (Wildman–Crippen LogP) is 2.19. The highest BCUT2D eigenvalue weighted by atomic mass is 35.5. The summed E-state index contributed by atoms with van der Waals surface area (Å²) in [4.78, 5) is 37.7. The van der Waals surface area contributed by atoms with Crippen molar-refractivity contribution in [2.75, 3.05) is 12.3 Å². The second kappa shape index (κ2) is 7.87. The second-order valence-electron chi connectivity index (χ2n) is 5.94. The van der Waals surface area contributed by atoms with Gasteiger partial charge in [0.05, 0.1) is 16.7 Å². The summed E-state index contributed by atoms with van der Waals surface area (Å²) in [5.74, 6) is -1.10. The lowest BCUT2D eigenvalue weighted by Gasteiger charge is -2.14. The first kappa shape index (κ1) is 19.7. The molecule has 1 aromatic rings. The molecule has 3 amide bonds. The van der Waals surface area contributed by atoms with Crippen molar-refractivity contribution < 1.29 is 22.8 Å². The molecular weight excluding hydrogens is 412 g/mol. The minimum absolute atomic E-state index is 0.0838. The van der Waals surface area contributed by atoms with Crippen molar-refractivity contribution in [3.8, 4) is 0 Å². The van der Waals surface area contributed by atoms with E-state index in [1.807, 2.05) is 0 Å². The number of nitrogens with one attached hydrogen (secondary N) is 1. The van der Waals surface area contributed by atoms with E-state index in [0.717, 1.165) is 22.1 Å². The number of imide groups is 1. The molecule has 10 heteroatoms. The number of benzene rings is 1. The Morgan fingerprint density at radius 1 is 1.33 bits per heavy atom. The van der Waals surface area contributed by atoms with E-state index in [2.05, 4.69) is 5.32 Å². The average molecular weight is 427 g/mol. The van der Waals surface area contributed by atoms with Crippen molar-refractivity contribution in [1.29, 1.82) is 0 Å². The van der Waals surface area contributed by atoms with Gasteiger partial charge in [-0.05, 0) is 35.5 Å². The van der Waals surface area contributed by atoms with Crippen molar-refractivity contribution in [2.24, 2.45) is 0 Å². The Morgan fingerprint density at radius 2 is 2.07 bits per heavy atom. The smallest absolute Gasteiger partial charge is 0.293 e. The number of hydrogen-bond donors (Lipinski definition) is 1. The summed E-state index contributed by atoms with van der Waals surface area (Å²) in [5.41, 5.74) is 0.622. The van der Waals surface area contributed by atoms with Gasteiger partial charge in [0.25, 0.3) is 11.1 Å². The SMILES string of the molecule is O=C(CCN1C(=O)S/C(=C\c2ccccc2Cl)C1=O)N[C@H]1C=CS(=O)(=O)C1. The van der Waals surface area contributed by atoms with Crippen LogP contribution in [0.2, 0.25) is 5.02 Å². The van der Waals surface area contributed by atoms with Gasteiger partial charge >= 0.3 is 0 Å². The molecule has 0 saturated carbocycles. The first-order chi connectivity index (χ1) is 12.7. The van der Waals surface area contributed by atoms with Crippen LogP contribution in [0.15, 0.2) is 40.7 Å². The molecule has 1 aromatic carbocycles. The standard InChI is InChI=1S/C17H15ClN2O5S2/c18-13-4-2-1-3-11(13)9-14-16(22)20(17(23)26-14)7-5-15(21)19-12-6-8-27(24,25)10-12/h1-4,6,8-9,12H,5,7,10H2,(H,19,21)/b14-9-/t12-/m0/s1. The maximum absolute atomic E-state index is 12.4. The second-order valence-corrected chi connectivity index (χ2v) is 9.27. The van der Waals surface area contributed by atoms with Crippen molar-refractivity contribution in [1.82, 2.24) is 10.2 Å². The zero-order chi connectivity index (χ0) is 19.6. The molecule has 27 heavy (non-hydrogen) atoms. The fourth-order valence-corrected chi connectivity index (χ4v) is 4.87. The van der Waals surface area contributed by atoms with Crippen LogP contribution in [0.25, 0.3) is 6.08 Å². The van der Waals surface area contributed by atoms with E-state index >= 15 is 0 Å². The Kier molecular flexibility index (Phi) is 5.73. The summed E-state index contributed by atoms with van der Waals surface area (Å²) in [6.07, 6.45) is 2.84. The van der Waals surface area contributed by atoms with Crippen LogP contribution in [0, 0.1) is 0 Å². The van der Waals surface area contributed by atoms with E-state index < -0.39 is 32.9 Å². The number of rotatable bonds is 5. The summed E-state index contributed by atoms with van der Waals surface area (Å²) in [6.45, 7) is -0.0838. The molecular formula is C17H15ClN2O5S2. The number of hydrogen-bond acceptors (Lipinski definition) is 6. The number of thioether (sulfide) groups is 1. The Hall–Kier alpha value is -2.10. The van der Waals surface area contributed by atoms with Crippen LogP contribution in [0.4, 0.5) is 4.79 Å². The summed E-state index contributed by atoms with van der Waals surface area (Å²) in [5, 5.41) is 3.61. The van der Waals surface area contributed by atoms with E-state index in [4.69, 9.17) is 11.6 Å². The number of nitrogens with zero attached hydrogens (tertiary/aromatic N) is 1. The third-order valence-corrected chi connectivity index (χ3v) is 6.55. The van der Waals surface area contributed by atoms with Crippen LogP contribution in [0.5, 0.6) is 0 Å². The number of amides is 3. The van der Waals surface area contributed by atoms with Gasteiger partial charge in [0.2, 0.25) is 5.91 Å². The van der Waals surface area contributed by atoms with Crippen LogP contribution in [0.3, 0.4) is 0 Å². The molecule has 2 aliphatic heterocycles. The van der Waals surface area contributed by atoms with E-state index in [0.29, 0.717) is 10.6 Å². The molecule has 0 aromatic heterocycles. The molecule has 1 fully saturated rings. The van der Waals surface area contributed by atoms with Gasteiger partial charge in [0.15, 0.2) is 9.84 Å². The molecule has 0 unspecified atom stereocenters. The first-order valence-electron chi connectivity index (χ1n) is 7.95. The van der Waals surface area contributed by atoms with Gasteiger partial charge in [-0.1, -0.05) is 29.8 Å². The number of carbonyl (C=O) groups is 3. The molecule has 2 aliphatic rings. The minimum Gasteiger partial charge on any atom is -0.349 e. The lowest BCUT2D eigenvalue weighted by atomic mass is 10.2. The van der Waals surface area contributed by atoms with Crippen LogP contribution in [-0.4, -0.2) is 48.7 Å². The largest absolute Gasteiger partial charge is 0.349 e. The van der Waals surface area contributed by atoms with Gasteiger partial charge in [-0.3, -0.25) is 19.3 Å². The van der Waals surface area contributed by atoms with E-state index in [1.165, 1.54) is 6.08 Å². The third kappa shape index (κ3) is 4.79. The molecule has 1 N–H and O–H groups in total. The van der Waals surface area contributed by atoms with Gasteiger partial charge < -0.3 is 5.32 Å². The van der Waals surface area contributed by atoms with Crippen molar-refractivity contribution in [3.05, 3.63) is 51.2 Å². The monoisotopic (exact) mass is 426 g/mol. The van der Waals surface area contributed by atoms with Gasteiger partial charge in [-0.25, -0.2) is 8.42 Å². The van der Waals surface area contributed by atoms with Crippen molar-refractivity contribution >= 4 is 56.3 Å². The van der Waals surface area contributed by atoms with Gasteiger partial charge in [-0.2, -0.15) is 0 Å². The molecule has 1 atom stereocenters. The van der Waals surface area contributed by atoms with E-state index in [-0.39, 0.29) is 23.6 Å². The summed E-state index contributed by atoms with van der Waals surface area (Å²) in [6, 6.07) is 6.35. The maximum atomic E-state index is 12.4. The van der Waals surface area contributed by atoms with Crippen LogP contribution < -0.4 is 5.32 Å². The Labute approximate surface area is 165 Å². The molecule has 0 aliphatic carbocycles. The van der Waals surface area contributed by atoms with Gasteiger partial charge in [0.1, 0.15) is 0 Å². The van der Waals surface area contributed by atoms with Crippen molar-refractivity contribution in [3.63, 3.8) is 0 Å². The summed E-state index contributed by atoms with van der Waals surface area (Å²) >= 11 is 6.85. The highest BCUT2D eigenvalue weighted by Crippen LogP contribution is 2.33. The molecule has 7 nitrogen and oxygen atoms in total. The maximum Gasteiger partial charge on any atom is 0.293 e. The Balaban J connectivity index is 1.59. The summed E-state index contributed by atoms with van der Waals surface area (Å²) in [7, 11) is -3.27. The molecule has 142 valence electrons. The van der Waals surface area contributed by atoms with Gasteiger partial charge in [-0.15, -0.1) is 0 Å². The Bertz CT molecular complexity index is 971. The molecule has 3 rings (SSSR count). The molecule has 1 saturated heterocycles. The number of carbonyl (C=O) groups excluding carboxylic acids is 3. The molecule has 0 bridgehead atoms. The van der Waals surface area contributed by atoms with Gasteiger partial charge in [0, 0.05) is 23.4 Å². The third-order valence-electron chi connectivity index (χ3n) is 3.90. The fraction of sp³-hybridized carbons (Fsp3) is 0.235. The zero-order valence-electron chi connectivity index (χ0n) is 13.9. The number of halogens is 1. The quantitative estimate of drug-likeness (QED) is 0.724. The minimum atomic E-state index is -3.27. The number of sulfone groups is 1. The fourth-order valence-electron chi connectivity index (χ4n) is 2.58. The highest BCUT2D eigenvalue weighted by molar-refractivity contribution is 8.18. The lowest BCUT2D eigenvalue weighted by Crippen LogP contribution is -2.38. The van der Waals surface area contributed by atoms with Crippen LogP contribution in [0.1, 0.15) is 12.0 Å². The molecule has 0 spiro atoms. The normalized spacial score (nSPS) is 22.6. The van der Waals surface area contributed by atoms with Crippen molar-refractivity contribution in [2.45, 2.75) is 12.5 Å². The van der Waals surface area contributed by atoms with Crippen LogP contribution >= 0.6 is 23.4 Å². The Morgan fingerprint density at radius 3 is 2.74 bits per heavy atom. The predicted molar refractivity (Wildman–Crippen MR) is 104 cm³/mol. The molecule has 2 heterocycles. The zero-order valence-corrected chi connectivity index (χ0v) is 16.3. The highest BCUT2D eigenvalue weighted by Gasteiger charge is 2.35.